The van der Waals surface area contributed by atoms with Crippen molar-refractivity contribution < 1.29 is 24.4 Å². The lowest BCUT2D eigenvalue weighted by molar-refractivity contribution is -0.384. The number of hydrogen-bond donors (Lipinski definition) is 1. The Kier molecular flexibility index (Phi) is 8.28. The number of nitro groups is 1. The summed E-state index contributed by atoms with van der Waals surface area (Å²) < 4.78 is 4.57. The number of nitro benzene ring substituents is 1. The van der Waals surface area contributed by atoms with E-state index in [-0.39, 0.29) is 31.2 Å². The zero-order valence-electron chi connectivity index (χ0n) is 14.3. The highest BCUT2D eigenvalue weighted by Crippen LogP contribution is 2.14. The molecule has 1 aromatic rings. The second kappa shape index (κ2) is 10.2. The summed E-state index contributed by atoms with van der Waals surface area (Å²) in [7, 11) is 1.27. The number of carbonyl (C=O) groups is 2. The van der Waals surface area contributed by atoms with Crippen molar-refractivity contribution in [2.45, 2.75) is 25.8 Å². The second-order valence-corrected chi connectivity index (χ2v) is 5.28. The molecule has 0 spiro atoms. The van der Waals surface area contributed by atoms with E-state index in [9.17, 15) is 24.8 Å². The van der Waals surface area contributed by atoms with E-state index in [4.69, 9.17) is 0 Å². The number of esters is 1. The first-order valence-electron chi connectivity index (χ1n) is 7.83. The number of aliphatic hydroxyl groups excluding tert-OH is 1. The minimum atomic E-state index is -0.500. The van der Waals surface area contributed by atoms with Crippen LogP contribution < -0.4 is 0 Å². The molecule has 136 valence electrons. The summed E-state index contributed by atoms with van der Waals surface area (Å²) in [5.74, 6) is -0.798. The third-order valence-electron chi connectivity index (χ3n) is 3.71. The van der Waals surface area contributed by atoms with Crippen LogP contribution in [0.15, 0.2) is 30.3 Å². The third kappa shape index (κ3) is 6.34. The van der Waals surface area contributed by atoms with Gasteiger partial charge in [0.2, 0.25) is 5.91 Å². The van der Waals surface area contributed by atoms with E-state index in [1.54, 1.807) is 0 Å². The number of hydrogen-bond acceptors (Lipinski definition) is 6. The molecule has 0 aliphatic carbocycles. The van der Waals surface area contributed by atoms with Crippen LogP contribution in [0, 0.1) is 10.1 Å². The first kappa shape index (κ1) is 20.3. The first-order chi connectivity index (χ1) is 11.9. The topological polar surface area (TPSA) is 110 Å². The Bertz CT molecular complexity index is 623. The standard InChI is InChI=1S/C17H22N2O6/c1-3-14(12-20)18(11-10-17(22)25-2)16(21)9-6-13-4-7-15(8-5-13)19(23)24/h4-9,14,20H,3,10-12H2,1-2H3/b9-6+. The van der Waals surface area contributed by atoms with Crippen molar-refractivity contribution in [1.29, 1.82) is 0 Å². The third-order valence-corrected chi connectivity index (χ3v) is 3.71. The van der Waals surface area contributed by atoms with Gasteiger partial charge < -0.3 is 14.7 Å². The van der Waals surface area contributed by atoms with Gasteiger partial charge in [-0.05, 0) is 30.2 Å². The molecular weight excluding hydrogens is 328 g/mol. The fourth-order valence-corrected chi connectivity index (χ4v) is 2.20. The van der Waals surface area contributed by atoms with Crippen LogP contribution in [0.5, 0.6) is 0 Å². The molecule has 0 saturated heterocycles. The maximum atomic E-state index is 12.4. The van der Waals surface area contributed by atoms with Crippen LogP contribution in [0.25, 0.3) is 6.08 Å². The Labute approximate surface area is 145 Å². The monoisotopic (exact) mass is 350 g/mol. The number of carbonyl (C=O) groups excluding carboxylic acids is 2. The van der Waals surface area contributed by atoms with Gasteiger partial charge in [-0.2, -0.15) is 0 Å². The summed E-state index contributed by atoms with van der Waals surface area (Å²) in [6, 6.07) is 5.36. The average molecular weight is 350 g/mol. The van der Waals surface area contributed by atoms with Crippen LogP contribution in [0.3, 0.4) is 0 Å². The molecule has 1 atom stereocenters. The Balaban J connectivity index is 2.84. The van der Waals surface area contributed by atoms with Crippen LogP contribution in [0.4, 0.5) is 5.69 Å². The fraction of sp³-hybridized carbons (Fsp3) is 0.412. The Morgan fingerprint density at radius 1 is 1.36 bits per heavy atom. The van der Waals surface area contributed by atoms with Crippen molar-refractivity contribution in [3.05, 3.63) is 46.0 Å². The summed E-state index contributed by atoms with van der Waals surface area (Å²) in [5.41, 5.74) is 0.596. The van der Waals surface area contributed by atoms with Crippen LogP contribution in [0.1, 0.15) is 25.3 Å². The largest absolute Gasteiger partial charge is 0.469 e. The van der Waals surface area contributed by atoms with E-state index in [2.05, 4.69) is 4.74 Å². The van der Waals surface area contributed by atoms with Gasteiger partial charge in [-0.15, -0.1) is 0 Å². The van der Waals surface area contributed by atoms with Crippen LogP contribution in [0.2, 0.25) is 0 Å². The minimum Gasteiger partial charge on any atom is -0.469 e. The molecule has 1 amide bonds. The van der Waals surface area contributed by atoms with Gasteiger partial charge in [-0.1, -0.05) is 6.92 Å². The molecule has 0 bridgehead atoms. The molecule has 0 aliphatic heterocycles. The van der Waals surface area contributed by atoms with Gasteiger partial charge in [-0.25, -0.2) is 0 Å². The summed E-state index contributed by atoms with van der Waals surface area (Å²) in [6.07, 6.45) is 3.41. The smallest absolute Gasteiger partial charge is 0.307 e. The Morgan fingerprint density at radius 3 is 2.48 bits per heavy atom. The predicted octanol–water partition coefficient (Wildman–Crippen LogP) is 1.77. The highest BCUT2D eigenvalue weighted by molar-refractivity contribution is 5.92. The quantitative estimate of drug-likeness (QED) is 0.314. The zero-order valence-corrected chi connectivity index (χ0v) is 14.3. The van der Waals surface area contributed by atoms with E-state index in [1.807, 2.05) is 6.92 Å². The van der Waals surface area contributed by atoms with Crippen LogP contribution in [-0.4, -0.2) is 53.1 Å². The second-order valence-electron chi connectivity index (χ2n) is 5.28. The SMILES string of the molecule is CCC(CO)N(CCC(=O)OC)C(=O)/C=C/c1ccc([N+](=O)[O-])cc1. The molecule has 0 radical (unpaired) electrons. The van der Waals surface area contributed by atoms with E-state index in [0.717, 1.165) is 0 Å². The number of ether oxygens (including phenoxy) is 1. The van der Waals surface area contributed by atoms with Crippen molar-refractivity contribution in [3.8, 4) is 0 Å². The van der Waals surface area contributed by atoms with Gasteiger partial charge >= 0.3 is 5.97 Å². The lowest BCUT2D eigenvalue weighted by atomic mass is 10.1. The number of benzene rings is 1. The van der Waals surface area contributed by atoms with Crippen LogP contribution >= 0.6 is 0 Å². The Hall–Kier alpha value is -2.74. The molecule has 25 heavy (non-hydrogen) atoms. The molecule has 1 aromatic carbocycles. The molecular formula is C17H22N2O6. The summed E-state index contributed by atoms with van der Waals surface area (Å²) in [4.78, 5) is 35.3. The maximum absolute atomic E-state index is 12.4. The maximum Gasteiger partial charge on any atom is 0.307 e. The van der Waals surface area contributed by atoms with Gasteiger partial charge in [0.05, 0.1) is 31.1 Å². The Morgan fingerprint density at radius 2 is 2.00 bits per heavy atom. The molecule has 1 rings (SSSR count). The van der Waals surface area contributed by atoms with Crippen molar-refractivity contribution >= 4 is 23.6 Å². The van der Waals surface area contributed by atoms with Gasteiger partial charge in [-0.3, -0.25) is 19.7 Å². The van der Waals surface area contributed by atoms with Gasteiger partial charge in [0.15, 0.2) is 0 Å². The average Bonchev–Trinajstić information content (AvgIpc) is 2.63. The number of amides is 1. The van der Waals surface area contributed by atoms with Crippen molar-refractivity contribution in [2.24, 2.45) is 0 Å². The molecule has 0 heterocycles. The molecule has 8 nitrogen and oxygen atoms in total. The fourth-order valence-electron chi connectivity index (χ4n) is 2.20. The van der Waals surface area contributed by atoms with Gasteiger partial charge in [0.25, 0.3) is 5.69 Å². The molecule has 0 saturated carbocycles. The molecule has 1 unspecified atom stereocenters. The lowest BCUT2D eigenvalue weighted by Gasteiger charge is -2.28. The molecule has 0 fully saturated rings. The summed E-state index contributed by atoms with van der Waals surface area (Å²) >= 11 is 0. The van der Waals surface area contributed by atoms with E-state index in [0.29, 0.717) is 12.0 Å². The van der Waals surface area contributed by atoms with E-state index < -0.39 is 16.9 Å². The molecule has 0 aromatic heterocycles. The highest BCUT2D eigenvalue weighted by Gasteiger charge is 2.21. The van der Waals surface area contributed by atoms with Crippen molar-refractivity contribution in [1.82, 2.24) is 4.90 Å². The normalized spacial score (nSPS) is 12.0. The molecule has 1 N–H and O–H groups in total. The van der Waals surface area contributed by atoms with E-state index in [1.165, 1.54) is 48.4 Å². The van der Waals surface area contributed by atoms with Gasteiger partial charge in [0, 0.05) is 24.8 Å². The number of aliphatic hydroxyl groups is 1. The number of non-ortho nitro benzene ring substituents is 1. The predicted molar refractivity (Wildman–Crippen MR) is 91.6 cm³/mol. The number of rotatable bonds is 9. The van der Waals surface area contributed by atoms with Gasteiger partial charge in [0.1, 0.15) is 0 Å². The number of nitrogens with zero attached hydrogens (tertiary/aromatic N) is 2. The molecule has 0 aliphatic rings. The summed E-state index contributed by atoms with van der Waals surface area (Å²) in [5, 5.41) is 20.1. The van der Waals surface area contributed by atoms with Crippen molar-refractivity contribution in [2.75, 3.05) is 20.3 Å². The molecule has 8 heteroatoms. The first-order valence-corrected chi connectivity index (χ1v) is 7.83. The lowest BCUT2D eigenvalue weighted by Crippen LogP contribution is -2.42. The van der Waals surface area contributed by atoms with Crippen LogP contribution in [-0.2, 0) is 14.3 Å². The zero-order chi connectivity index (χ0) is 18.8. The van der Waals surface area contributed by atoms with Crippen molar-refractivity contribution in [3.63, 3.8) is 0 Å². The highest BCUT2D eigenvalue weighted by atomic mass is 16.6. The summed E-state index contributed by atoms with van der Waals surface area (Å²) in [6.45, 7) is 1.75. The number of methoxy groups -OCH3 is 1. The minimum absolute atomic E-state index is 0.0319. The van der Waals surface area contributed by atoms with E-state index >= 15 is 0 Å².